The molecule has 0 unspecified atom stereocenters. The number of hydrogen-bond acceptors (Lipinski definition) is 4. The molecule has 0 aromatic heterocycles. The third kappa shape index (κ3) is 1.93. The number of benzene rings is 1. The summed E-state index contributed by atoms with van der Waals surface area (Å²) in [6, 6.07) is 1.12. The van der Waals surface area contributed by atoms with Crippen LogP contribution in [0.5, 0.6) is 17.2 Å². The number of carbonyl (C=O) groups excluding carboxylic acids is 1. The SMILES string of the molecule is C=CCc1c(O)cc(O)c(C=O)c1OC. The second-order valence-corrected chi connectivity index (χ2v) is 2.95. The predicted octanol–water partition coefficient (Wildman–Crippen LogP) is 1.65. The molecule has 0 amide bonds. The number of ether oxygens (including phenoxy) is 1. The number of allylic oxidation sites excluding steroid dienone is 1. The van der Waals surface area contributed by atoms with Gasteiger partial charge in [0.15, 0.2) is 6.29 Å². The van der Waals surface area contributed by atoms with Crippen LogP contribution in [-0.4, -0.2) is 23.6 Å². The number of aromatic hydroxyl groups is 2. The van der Waals surface area contributed by atoms with Crippen molar-refractivity contribution in [3.63, 3.8) is 0 Å². The van der Waals surface area contributed by atoms with Gasteiger partial charge in [0, 0.05) is 11.6 Å². The van der Waals surface area contributed by atoms with Crippen LogP contribution in [0, 0.1) is 0 Å². The van der Waals surface area contributed by atoms with Crippen molar-refractivity contribution in [2.45, 2.75) is 6.42 Å². The van der Waals surface area contributed by atoms with E-state index in [1.165, 1.54) is 7.11 Å². The molecule has 0 saturated carbocycles. The second-order valence-electron chi connectivity index (χ2n) is 2.95. The minimum Gasteiger partial charge on any atom is -0.507 e. The highest BCUT2D eigenvalue weighted by molar-refractivity contribution is 5.85. The Bertz CT molecular complexity index is 396. The van der Waals surface area contributed by atoms with Crippen LogP contribution in [0.3, 0.4) is 0 Å². The normalized spacial score (nSPS) is 9.67. The van der Waals surface area contributed by atoms with E-state index in [4.69, 9.17) is 4.74 Å². The third-order valence-electron chi connectivity index (χ3n) is 2.05. The van der Waals surface area contributed by atoms with Crippen molar-refractivity contribution < 1.29 is 19.7 Å². The average molecular weight is 208 g/mol. The molecule has 15 heavy (non-hydrogen) atoms. The summed E-state index contributed by atoms with van der Waals surface area (Å²) in [5.41, 5.74) is 0.472. The minimum atomic E-state index is -0.299. The molecular weight excluding hydrogens is 196 g/mol. The van der Waals surface area contributed by atoms with Crippen LogP contribution in [-0.2, 0) is 6.42 Å². The van der Waals surface area contributed by atoms with Crippen LogP contribution in [0.1, 0.15) is 15.9 Å². The highest BCUT2D eigenvalue weighted by atomic mass is 16.5. The molecule has 80 valence electrons. The van der Waals surface area contributed by atoms with Gasteiger partial charge in [-0.15, -0.1) is 6.58 Å². The van der Waals surface area contributed by atoms with Gasteiger partial charge in [-0.2, -0.15) is 0 Å². The molecule has 4 nitrogen and oxygen atoms in total. The van der Waals surface area contributed by atoms with Crippen LogP contribution < -0.4 is 4.74 Å². The lowest BCUT2D eigenvalue weighted by Gasteiger charge is -2.12. The van der Waals surface area contributed by atoms with E-state index in [1.54, 1.807) is 6.08 Å². The van der Waals surface area contributed by atoms with Crippen LogP contribution in [0.25, 0.3) is 0 Å². The standard InChI is InChI=1S/C11H12O4/c1-3-4-7-9(13)5-10(14)8(6-12)11(7)15-2/h3,5-6,13-14H,1,4H2,2H3. The fraction of sp³-hybridized carbons (Fsp3) is 0.182. The summed E-state index contributed by atoms with van der Waals surface area (Å²) < 4.78 is 4.98. The zero-order chi connectivity index (χ0) is 11.4. The molecule has 0 aliphatic carbocycles. The van der Waals surface area contributed by atoms with Crippen molar-refractivity contribution in [2.75, 3.05) is 7.11 Å². The Kier molecular flexibility index (Phi) is 3.33. The molecule has 0 fully saturated rings. The van der Waals surface area contributed by atoms with Gasteiger partial charge in [0.2, 0.25) is 0 Å². The molecule has 4 heteroatoms. The monoisotopic (exact) mass is 208 g/mol. The van der Waals surface area contributed by atoms with E-state index in [9.17, 15) is 15.0 Å². The van der Waals surface area contributed by atoms with Gasteiger partial charge < -0.3 is 14.9 Å². The fourth-order valence-electron chi connectivity index (χ4n) is 1.38. The summed E-state index contributed by atoms with van der Waals surface area (Å²) in [4.78, 5) is 10.7. The van der Waals surface area contributed by atoms with Gasteiger partial charge in [-0.3, -0.25) is 4.79 Å². The van der Waals surface area contributed by atoms with Gasteiger partial charge in [-0.05, 0) is 6.42 Å². The molecule has 0 spiro atoms. The molecule has 0 atom stereocenters. The maximum Gasteiger partial charge on any atom is 0.157 e. The molecule has 0 aliphatic rings. The summed E-state index contributed by atoms with van der Waals surface area (Å²) in [6.45, 7) is 3.53. The Morgan fingerprint density at radius 1 is 1.47 bits per heavy atom. The molecule has 2 N–H and O–H groups in total. The number of hydrogen-bond donors (Lipinski definition) is 2. The maximum atomic E-state index is 10.7. The van der Waals surface area contributed by atoms with Gasteiger partial charge in [-0.25, -0.2) is 0 Å². The molecular formula is C11H12O4. The van der Waals surface area contributed by atoms with Crippen LogP contribution in [0.4, 0.5) is 0 Å². The Hall–Kier alpha value is -1.97. The van der Waals surface area contributed by atoms with E-state index in [1.807, 2.05) is 0 Å². The Labute approximate surface area is 87.4 Å². The lowest BCUT2D eigenvalue weighted by atomic mass is 10.0. The molecule has 0 saturated heterocycles. The number of rotatable bonds is 4. The molecule has 0 radical (unpaired) electrons. The fourth-order valence-corrected chi connectivity index (χ4v) is 1.38. The topological polar surface area (TPSA) is 66.8 Å². The number of phenols is 2. The predicted molar refractivity (Wildman–Crippen MR) is 55.6 cm³/mol. The first kappa shape index (κ1) is 11.1. The second kappa shape index (κ2) is 4.50. The molecule has 1 rings (SSSR count). The van der Waals surface area contributed by atoms with Crippen molar-refractivity contribution in [2.24, 2.45) is 0 Å². The summed E-state index contributed by atoms with van der Waals surface area (Å²) in [6.07, 6.45) is 2.42. The zero-order valence-corrected chi connectivity index (χ0v) is 8.36. The third-order valence-corrected chi connectivity index (χ3v) is 2.05. The number of methoxy groups -OCH3 is 1. The molecule has 1 aromatic carbocycles. The van der Waals surface area contributed by atoms with Gasteiger partial charge in [-0.1, -0.05) is 6.08 Å². The van der Waals surface area contributed by atoms with Crippen LogP contribution in [0.15, 0.2) is 18.7 Å². The van der Waals surface area contributed by atoms with Crippen LogP contribution in [0.2, 0.25) is 0 Å². The number of aldehydes is 1. The zero-order valence-electron chi connectivity index (χ0n) is 8.36. The Morgan fingerprint density at radius 3 is 2.60 bits per heavy atom. The Balaban J connectivity index is 3.48. The first-order chi connectivity index (χ1) is 7.15. The van der Waals surface area contributed by atoms with Gasteiger partial charge >= 0.3 is 0 Å². The molecule has 0 heterocycles. The van der Waals surface area contributed by atoms with Crippen molar-refractivity contribution in [3.05, 3.63) is 29.8 Å². The summed E-state index contributed by atoms with van der Waals surface area (Å²) in [5.74, 6) is -0.232. The molecule has 0 aliphatic heterocycles. The minimum absolute atomic E-state index is 0.0344. The summed E-state index contributed by atoms with van der Waals surface area (Å²) in [7, 11) is 1.37. The maximum absolute atomic E-state index is 10.7. The Morgan fingerprint density at radius 2 is 2.13 bits per heavy atom. The van der Waals surface area contributed by atoms with E-state index in [2.05, 4.69) is 6.58 Å². The van der Waals surface area contributed by atoms with E-state index in [0.717, 1.165) is 6.07 Å². The molecule has 0 bridgehead atoms. The first-order valence-corrected chi connectivity index (χ1v) is 4.33. The van der Waals surface area contributed by atoms with E-state index in [0.29, 0.717) is 18.3 Å². The quantitative estimate of drug-likeness (QED) is 0.583. The summed E-state index contributed by atoms with van der Waals surface area (Å²) >= 11 is 0. The van der Waals surface area contributed by atoms with Gasteiger partial charge in [0.1, 0.15) is 17.2 Å². The lowest BCUT2D eigenvalue weighted by molar-refractivity contribution is 0.111. The van der Waals surface area contributed by atoms with E-state index in [-0.39, 0.29) is 22.8 Å². The van der Waals surface area contributed by atoms with Crippen molar-refractivity contribution in [3.8, 4) is 17.2 Å². The average Bonchev–Trinajstić information content (AvgIpc) is 2.21. The largest absolute Gasteiger partial charge is 0.507 e. The highest BCUT2D eigenvalue weighted by Gasteiger charge is 2.16. The highest BCUT2D eigenvalue weighted by Crippen LogP contribution is 2.37. The number of phenolic OH excluding ortho intramolecular Hbond substituents is 2. The van der Waals surface area contributed by atoms with Gasteiger partial charge in [0.25, 0.3) is 0 Å². The smallest absolute Gasteiger partial charge is 0.157 e. The van der Waals surface area contributed by atoms with Crippen LogP contribution >= 0.6 is 0 Å². The first-order valence-electron chi connectivity index (χ1n) is 4.33. The molecule has 1 aromatic rings. The van der Waals surface area contributed by atoms with Crippen molar-refractivity contribution >= 4 is 6.29 Å². The summed E-state index contributed by atoms with van der Waals surface area (Å²) in [5, 5.41) is 18.9. The van der Waals surface area contributed by atoms with Gasteiger partial charge in [0.05, 0.1) is 12.7 Å². The number of carbonyl (C=O) groups is 1. The van der Waals surface area contributed by atoms with Crippen molar-refractivity contribution in [1.29, 1.82) is 0 Å². The van der Waals surface area contributed by atoms with E-state index < -0.39 is 0 Å². The lowest BCUT2D eigenvalue weighted by Crippen LogP contribution is -1.97. The van der Waals surface area contributed by atoms with Crippen molar-refractivity contribution in [1.82, 2.24) is 0 Å². The van der Waals surface area contributed by atoms with E-state index >= 15 is 0 Å².